The van der Waals surface area contributed by atoms with Crippen molar-refractivity contribution in [1.29, 1.82) is 0 Å². The minimum absolute atomic E-state index is 0.172. The summed E-state index contributed by atoms with van der Waals surface area (Å²) in [6, 6.07) is 23.5. The van der Waals surface area contributed by atoms with Gasteiger partial charge < -0.3 is 24.2 Å². The second kappa shape index (κ2) is 17.3. The molecule has 12 heteroatoms. The number of carbonyl (C=O) groups excluding carboxylic acids is 1. The molecule has 3 saturated heterocycles. The van der Waals surface area contributed by atoms with Crippen LogP contribution in [0.4, 0.5) is 4.79 Å². The van der Waals surface area contributed by atoms with Gasteiger partial charge in [-0.25, -0.2) is 22.3 Å². The molecule has 1 spiro atoms. The highest BCUT2D eigenvalue weighted by Crippen LogP contribution is 2.56. The van der Waals surface area contributed by atoms with Gasteiger partial charge in [-0.1, -0.05) is 105 Å². The van der Waals surface area contributed by atoms with E-state index in [-0.39, 0.29) is 29.5 Å². The minimum atomic E-state index is -3.63. The molecule has 302 valence electrons. The Hall–Kier alpha value is -3.90. The lowest BCUT2D eigenvalue weighted by atomic mass is 9.63. The lowest BCUT2D eigenvalue weighted by molar-refractivity contribution is -0.166. The van der Waals surface area contributed by atoms with Gasteiger partial charge in [0.1, 0.15) is 12.4 Å². The van der Waals surface area contributed by atoms with Gasteiger partial charge in [-0.2, -0.15) is 0 Å². The summed E-state index contributed by atoms with van der Waals surface area (Å²) < 4.78 is 48.6. The molecule has 3 aliphatic rings. The Labute approximate surface area is 336 Å². The summed E-state index contributed by atoms with van der Waals surface area (Å²) in [4.78, 5) is 26.1. The molecular weight excluding hydrogens is 752 g/mol. The Kier molecular flexibility index (Phi) is 12.9. The number of nitrogens with zero attached hydrogens (tertiary/aromatic N) is 2. The molecule has 0 radical (unpaired) electrons. The molecule has 56 heavy (non-hydrogen) atoms. The molecule has 0 unspecified atom stereocenters. The standard InChI is InChI=1S/C44H55ClN2O8S/c1-30(2)36-27-44(18-22-47(23-19-44)56(51,52)34-16-20-46(21-17-34)42(50)54-28-32-14-10-7-11-15-32)38(24-31-12-8-6-9-13-31)55-40(36)35-25-33(43(3,4)5)26-37(45)41(35)53-29-39(48)49/h6-15,25-26,34,36,38,40H,1,16-24,27-29H2,2-5H3,(H,48,49)/t36-,38+,40-/m0/s1. The SMILES string of the molecule is C=C(C)[C@@H]1CC2(CCN(S(=O)(=O)C3CCN(C(=O)OCc4ccccc4)CC3)CC2)[C@@H](Cc2ccccc2)O[C@H]1c1cc(C(C)(C)C)cc(Cl)c1OCC(=O)O. The number of piperidine rings is 2. The van der Waals surface area contributed by atoms with Gasteiger partial charge in [0.25, 0.3) is 0 Å². The average Bonchev–Trinajstić information content (AvgIpc) is 3.17. The quantitative estimate of drug-likeness (QED) is 0.191. The Morgan fingerprint density at radius 1 is 0.964 bits per heavy atom. The summed E-state index contributed by atoms with van der Waals surface area (Å²) in [6.07, 6.45) is 2.00. The smallest absolute Gasteiger partial charge is 0.410 e. The van der Waals surface area contributed by atoms with Gasteiger partial charge in [0.2, 0.25) is 10.0 Å². The van der Waals surface area contributed by atoms with Crippen LogP contribution < -0.4 is 4.74 Å². The van der Waals surface area contributed by atoms with Crippen LogP contribution in [0.15, 0.2) is 84.9 Å². The third-order valence-electron chi connectivity index (χ3n) is 11.9. The summed E-state index contributed by atoms with van der Waals surface area (Å²) in [5.74, 6) is -0.985. The van der Waals surface area contributed by atoms with Crippen molar-refractivity contribution in [1.82, 2.24) is 9.21 Å². The molecule has 3 aromatic carbocycles. The monoisotopic (exact) mass is 806 g/mol. The van der Waals surface area contributed by atoms with Crippen LogP contribution in [0.1, 0.15) is 88.2 Å². The molecule has 6 rings (SSSR count). The van der Waals surface area contributed by atoms with Crippen LogP contribution in [0.25, 0.3) is 0 Å². The van der Waals surface area contributed by atoms with Gasteiger partial charge in [0.05, 0.1) is 22.5 Å². The van der Waals surface area contributed by atoms with Crippen LogP contribution >= 0.6 is 11.6 Å². The molecule has 3 fully saturated rings. The first kappa shape index (κ1) is 41.7. The third kappa shape index (κ3) is 9.44. The number of halogens is 1. The first-order valence-corrected chi connectivity index (χ1v) is 21.4. The van der Waals surface area contributed by atoms with Crippen molar-refractivity contribution in [3.8, 4) is 5.75 Å². The van der Waals surface area contributed by atoms with Crippen molar-refractivity contribution in [3.05, 3.63) is 112 Å². The number of ether oxygens (including phenoxy) is 3. The van der Waals surface area contributed by atoms with Gasteiger partial charge in [0.15, 0.2) is 6.61 Å². The molecule has 1 amide bonds. The Bertz CT molecular complexity index is 1970. The van der Waals surface area contributed by atoms with E-state index in [1.54, 1.807) is 9.21 Å². The number of hydrogen-bond acceptors (Lipinski definition) is 7. The first-order valence-electron chi connectivity index (χ1n) is 19.6. The normalized spacial score (nSPS) is 22.1. The largest absolute Gasteiger partial charge is 0.480 e. The highest BCUT2D eigenvalue weighted by Gasteiger charge is 2.52. The lowest BCUT2D eigenvalue weighted by Gasteiger charge is -2.54. The maximum atomic E-state index is 14.2. The highest BCUT2D eigenvalue weighted by molar-refractivity contribution is 7.89. The Morgan fingerprint density at radius 2 is 1.57 bits per heavy atom. The number of carbonyl (C=O) groups is 2. The van der Waals surface area contributed by atoms with Crippen LogP contribution in [-0.4, -0.2) is 78.9 Å². The highest BCUT2D eigenvalue weighted by atomic mass is 35.5. The topological polar surface area (TPSA) is 123 Å². The van der Waals surface area contributed by atoms with Crippen LogP contribution in [0.2, 0.25) is 5.02 Å². The average molecular weight is 807 g/mol. The summed E-state index contributed by atoms with van der Waals surface area (Å²) >= 11 is 6.88. The number of sulfonamides is 1. The molecule has 3 atom stereocenters. The van der Waals surface area contributed by atoms with E-state index in [0.717, 1.165) is 22.3 Å². The molecule has 10 nitrogen and oxygen atoms in total. The zero-order valence-corrected chi connectivity index (χ0v) is 34.5. The molecule has 0 aromatic heterocycles. The molecular formula is C44H55ClN2O8S. The fourth-order valence-corrected chi connectivity index (χ4v) is 10.7. The number of carboxylic acid groups (broad SMARTS) is 1. The Balaban J connectivity index is 1.22. The molecule has 0 saturated carbocycles. The molecule has 3 aromatic rings. The van der Waals surface area contributed by atoms with E-state index in [1.165, 1.54) is 0 Å². The second-order valence-corrected chi connectivity index (χ2v) is 19.4. The van der Waals surface area contributed by atoms with E-state index in [4.69, 9.17) is 25.8 Å². The maximum Gasteiger partial charge on any atom is 0.410 e. The number of aliphatic carboxylic acids is 1. The van der Waals surface area contributed by atoms with Crippen LogP contribution in [0.5, 0.6) is 5.75 Å². The van der Waals surface area contributed by atoms with Gasteiger partial charge in [0, 0.05) is 43.1 Å². The van der Waals surface area contributed by atoms with Crippen molar-refractivity contribution >= 4 is 33.7 Å². The van der Waals surface area contributed by atoms with Crippen molar-refractivity contribution in [2.24, 2.45) is 11.3 Å². The zero-order valence-electron chi connectivity index (χ0n) is 32.9. The van der Waals surface area contributed by atoms with Crippen LogP contribution in [0.3, 0.4) is 0 Å². The van der Waals surface area contributed by atoms with Crippen molar-refractivity contribution in [2.45, 2.75) is 95.7 Å². The lowest BCUT2D eigenvalue weighted by Crippen LogP contribution is -2.55. The molecule has 0 aliphatic carbocycles. The maximum absolute atomic E-state index is 14.2. The number of likely N-dealkylation sites (tertiary alicyclic amines) is 1. The second-order valence-electron chi connectivity index (χ2n) is 16.7. The van der Waals surface area contributed by atoms with Gasteiger partial charge >= 0.3 is 12.1 Å². The summed E-state index contributed by atoms with van der Waals surface area (Å²) in [5.41, 5.74) is 3.96. The zero-order chi connectivity index (χ0) is 40.3. The summed E-state index contributed by atoms with van der Waals surface area (Å²) in [6.45, 7) is 13.7. The minimum Gasteiger partial charge on any atom is -0.480 e. The molecule has 1 N–H and O–H groups in total. The van der Waals surface area contributed by atoms with Gasteiger partial charge in [-0.05, 0) is 79.7 Å². The Morgan fingerprint density at radius 3 is 2.14 bits per heavy atom. The molecule has 0 bridgehead atoms. The number of carboxylic acids is 1. The van der Waals surface area contributed by atoms with E-state index < -0.39 is 40.0 Å². The fraction of sp³-hybridized carbons (Fsp3) is 0.500. The predicted molar refractivity (Wildman–Crippen MR) is 217 cm³/mol. The van der Waals surface area contributed by atoms with Gasteiger partial charge in [-0.15, -0.1) is 0 Å². The fourth-order valence-electron chi connectivity index (χ4n) is 8.52. The number of amides is 1. The molecule has 3 aliphatic heterocycles. The van der Waals surface area contributed by atoms with E-state index in [9.17, 15) is 23.1 Å². The first-order chi connectivity index (χ1) is 26.6. The third-order valence-corrected chi connectivity index (χ3v) is 14.6. The number of benzene rings is 3. The van der Waals surface area contributed by atoms with Crippen molar-refractivity contribution in [2.75, 3.05) is 32.8 Å². The molecule has 3 heterocycles. The van der Waals surface area contributed by atoms with Crippen LogP contribution in [-0.2, 0) is 42.7 Å². The predicted octanol–water partition coefficient (Wildman–Crippen LogP) is 8.58. The summed E-state index contributed by atoms with van der Waals surface area (Å²) in [7, 11) is -3.63. The van der Waals surface area contributed by atoms with Gasteiger partial charge in [-0.3, -0.25) is 0 Å². The number of hydrogen-bond donors (Lipinski definition) is 1. The summed E-state index contributed by atoms with van der Waals surface area (Å²) in [5, 5.41) is 9.28. The van der Waals surface area contributed by atoms with E-state index in [0.29, 0.717) is 81.0 Å². The van der Waals surface area contributed by atoms with E-state index >= 15 is 0 Å². The van der Waals surface area contributed by atoms with Crippen molar-refractivity contribution in [3.63, 3.8) is 0 Å². The van der Waals surface area contributed by atoms with Crippen LogP contribution in [0, 0.1) is 11.3 Å². The number of rotatable bonds is 11. The van der Waals surface area contributed by atoms with Crippen molar-refractivity contribution < 1.29 is 37.3 Å². The van der Waals surface area contributed by atoms with E-state index in [2.05, 4.69) is 39.5 Å². The van der Waals surface area contributed by atoms with E-state index in [1.807, 2.05) is 67.6 Å².